The lowest BCUT2D eigenvalue weighted by molar-refractivity contribution is -0.115. The van der Waals surface area contributed by atoms with Gasteiger partial charge in [0.2, 0.25) is 11.7 Å². The number of ketones is 1. The molecule has 0 aliphatic heterocycles. The number of carbonyl (C=O) groups excluding carboxylic acids is 3. The monoisotopic (exact) mass is 205 g/mol. The van der Waals surface area contributed by atoms with Crippen molar-refractivity contribution >= 4 is 23.7 Å². The van der Waals surface area contributed by atoms with Crippen molar-refractivity contribution in [1.82, 2.24) is 0 Å². The van der Waals surface area contributed by atoms with E-state index in [-0.39, 0.29) is 12.2 Å². The van der Waals surface area contributed by atoms with Gasteiger partial charge in [0, 0.05) is 17.7 Å². The third-order valence-corrected chi connectivity index (χ3v) is 1.88. The summed E-state index contributed by atoms with van der Waals surface area (Å²) in [5.74, 6) is -0.659. The molecule has 0 bridgehead atoms. The summed E-state index contributed by atoms with van der Waals surface area (Å²) in [5.41, 5.74) is 0.934. The Bertz CT molecular complexity index is 381. The van der Waals surface area contributed by atoms with Gasteiger partial charge in [0.1, 0.15) is 0 Å². The minimum Gasteiger partial charge on any atom is -0.326 e. The molecule has 0 aliphatic carbocycles. The Balaban J connectivity index is 2.76. The van der Waals surface area contributed by atoms with Crippen LogP contribution in [-0.2, 0) is 9.59 Å². The molecular weight excluding hydrogens is 194 g/mol. The van der Waals surface area contributed by atoms with E-state index in [0.29, 0.717) is 17.7 Å². The third-order valence-electron chi connectivity index (χ3n) is 1.88. The van der Waals surface area contributed by atoms with Crippen LogP contribution in [0.15, 0.2) is 24.3 Å². The lowest BCUT2D eigenvalue weighted by atomic mass is 10.1. The van der Waals surface area contributed by atoms with Gasteiger partial charge in [-0.15, -0.1) is 0 Å². The number of aldehydes is 1. The minimum absolute atomic E-state index is 0.0931. The molecule has 0 heterocycles. The standard InChI is InChI=1S/C11H11NO3/c1-2-11(15)12-9-5-3-8(4-6-9)10(14)7-13/h3-7H,2H2,1H3,(H,12,15). The highest BCUT2D eigenvalue weighted by molar-refractivity contribution is 6.33. The summed E-state index contributed by atoms with van der Waals surface area (Å²) in [6.45, 7) is 1.75. The van der Waals surface area contributed by atoms with Crippen LogP contribution in [0.25, 0.3) is 0 Å². The topological polar surface area (TPSA) is 63.2 Å². The van der Waals surface area contributed by atoms with Crippen LogP contribution < -0.4 is 5.32 Å². The van der Waals surface area contributed by atoms with Crippen LogP contribution in [0.2, 0.25) is 0 Å². The van der Waals surface area contributed by atoms with Crippen molar-refractivity contribution < 1.29 is 14.4 Å². The highest BCUT2D eigenvalue weighted by Crippen LogP contribution is 2.09. The summed E-state index contributed by atoms with van der Waals surface area (Å²) in [7, 11) is 0. The van der Waals surface area contributed by atoms with Gasteiger partial charge in [-0.2, -0.15) is 0 Å². The summed E-state index contributed by atoms with van der Waals surface area (Å²) in [5, 5.41) is 2.64. The summed E-state index contributed by atoms with van der Waals surface area (Å²) >= 11 is 0. The summed E-state index contributed by atoms with van der Waals surface area (Å²) in [4.78, 5) is 32.2. The van der Waals surface area contributed by atoms with E-state index in [9.17, 15) is 14.4 Å². The maximum Gasteiger partial charge on any atom is 0.225 e. The molecule has 1 N–H and O–H groups in total. The van der Waals surface area contributed by atoms with Gasteiger partial charge in [-0.05, 0) is 24.3 Å². The molecule has 4 nitrogen and oxygen atoms in total. The van der Waals surface area contributed by atoms with Crippen molar-refractivity contribution in [3.8, 4) is 0 Å². The van der Waals surface area contributed by atoms with Gasteiger partial charge in [-0.1, -0.05) is 6.92 Å². The predicted octanol–water partition coefficient (Wildman–Crippen LogP) is 1.42. The molecule has 1 aromatic rings. The van der Waals surface area contributed by atoms with E-state index in [1.165, 1.54) is 12.1 Å². The Labute approximate surface area is 87.3 Å². The molecule has 15 heavy (non-hydrogen) atoms. The number of benzene rings is 1. The smallest absolute Gasteiger partial charge is 0.225 e. The second-order valence-electron chi connectivity index (χ2n) is 2.96. The zero-order chi connectivity index (χ0) is 11.3. The van der Waals surface area contributed by atoms with Crippen molar-refractivity contribution in [2.75, 3.05) is 5.32 Å². The molecule has 0 aromatic heterocycles. The number of Topliss-reactive ketones (excluding diaryl/α,β-unsaturated/α-hetero) is 1. The molecule has 0 saturated heterocycles. The highest BCUT2D eigenvalue weighted by Gasteiger charge is 2.04. The number of anilines is 1. The van der Waals surface area contributed by atoms with Crippen molar-refractivity contribution in [1.29, 1.82) is 0 Å². The lowest BCUT2D eigenvalue weighted by Gasteiger charge is -2.03. The fourth-order valence-corrected chi connectivity index (χ4v) is 1.04. The molecule has 0 fully saturated rings. The Morgan fingerprint density at radius 2 is 1.87 bits per heavy atom. The molecule has 0 spiro atoms. The van der Waals surface area contributed by atoms with E-state index in [0.717, 1.165) is 0 Å². The van der Waals surface area contributed by atoms with Crippen molar-refractivity contribution in [3.63, 3.8) is 0 Å². The first-order valence-electron chi connectivity index (χ1n) is 4.56. The molecule has 0 unspecified atom stereocenters. The maximum atomic E-state index is 11.0. The Morgan fingerprint density at radius 1 is 1.27 bits per heavy atom. The summed E-state index contributed by atoms with van der Waals surface area (Å²) in [6, 6.07) is 6.18. The third kappa shape index (κ3) is 3.02. The average Bonchev–Trinajstić information content (AvgIpc) is 2.29. The predicted molar refractivity (Wildman–Crippen MR) is 55.8 cm³/mol. The van der Waals surface area contributed by atoms with Crippen molar-refractivity contribution in [3.05, 3.63) is 29.8 Å². The van der Waals surface area contributed by atoms with Crippen LogP contribution in [-0.4, -0.2) is 18.0 Å². The molecule has 1 aromatic carbocycles. The maximum absolute atomic E-state index is 11.0. The lowest BCUT2D eigenvalue weighted by Crippen LogP contribution is -2.09. The van der Waals surface area contributed by atoms with Crippen LogP contribution >= 0.6 is 0 Å². The number of hydrogen-bond donors (Lipinski definition) is 1. The van der Waals surface area contributed by atoms with E-state index in [1.54, 1.807) is 19.1 Å². The molecule has 1 amide bonds. The Morgan fingerprint density at radius 3 is 2.33 bits per heavy atom. The molecule has 0 atom stereocenters. The first-order chi connectivity index (χ1) is 7.17. The fourth-order valence-electron chi connectivity index (χ4n) is 1.04. The van der Waals surface area contributed by atoms with Gasteiger partial charge in [0.05, 0.1) is 0 Å². The molecule has 0 saturated carbocycles. The number of hydrogen-bond acceptors (Lipinski definition) is 3. The summed E-state index contributed by atoms with van der Waals surface area (Å²) in [6.07, 6.45) is 0.661. The molecule has 4 heteroatoms. The van der Waals surface area contributed by atoms with Crippen LogP contribution in [0.1, 0.15) is 23.7 Å². The zero-order valence-corrected chi connectivity index (χ0v) is 8.32. The fraction of sp³-hybridized carbons (Fsp3) is 0.182. The minimum atomic E-state index is -0.566. The van der Waals surface area contributed by atoms with Crippen LogP contribution in [0.5, 0.6) is 0 Å². The van der Waals surface area contributed by atoms with Gasteiger partial charge < -0.3 is 5.32 Å². The average molecular weight is 205 g/mol. The number of amides is 1. The van der Waals surface area contributed by atoms with Gasteiger partial charge in [-0.25, -0.2) is 0 Å². The Hall–Kier alpha value is -1.97. The zero-order valence-electron chi connectivity index (χ0n) is 8.32. The number of carbonyl (C=O) groups is 3. The van der Waals surface area contributed by atoms with E-state index >= 15 is 0 Å². The second kappa shape index (κ2) is 5.05. The van der Waals surface area contributed by atoms with Crippen LogP contribution in [0.4, 0.5) is 5.69 Å². The van der Waals surface area contributed by atoms with E-state index < -0.39 is 5.78 Å². The molecule has 0 radical (unpaired) electrons. The second-order valence-corrected chi connectivity index (χ2v) is 2.96. The van der Waals surface area contributed by atoms with E-state index in [2.05, 4.69) is 5.32 Å². The first-order valence-corrected chi connectivity index (χ1v) is 4.56. The SMILES string of the molecule is CCC(=O)Nc1ccc(C(=O)C=O)cc1. The van der Waals surface area contributed by atoms with E-state index in [4.69, 9.17) is 0 Å². The van der Waals surface area contributed by atoms with Crippen molar-refractivity contribution in [2.45, 2.75) is 13.3 Å². The summed E-state index contributed by atoms with van der Waals surface area (Å²) < 4.78 is 0. The van der Waals surface area contributed by atoms with Crippen LogP contribution in [0.3, 0.4) is 0 Å². The molecule has 0 aliphatic rings. The Kier molecular flexibility index (Phi) is 3.74. The van der Waals surface area contributed by atoms with Crippen molar-refractivity contribution in [2.24, 2.45) is 0 Å². The number of nitrogens with one attached hydrogen (secondary N) is 1. The van der Waals surface area contributed by atoms with Gasteiger partial charge in [-0.3, -0.25) is 14.4 Å². The van der Waals surface area contributed by atoms with E-state index in [1.807, 2.05) is 0 Å². The quantitative estimate of drug-likeness (QED) is 0.459. The van der Waals surface area contributed by atoms with Gasteiger partial charge >= 0.3 is 0 Å². The highest BCUT2D eigenvalue weighted by atomic mass is 16.2. The van der Waals surface area contributed by atoms with Gasteiger partial charge in [0.25, 0.3) is 0 Å². The number of rotatable bonds is 4. The molecule has 1 rings (SSSR count). The molecule has 78 valence electrons. The first kappa shape index (κ1) is 11.1. The molecular formula is C11H11NO3. The van der Waals surface area contributed by atoms with Gasteiger partial charge in [0.15, 0.2) is 6.29 Å². The van der Waals surface area contributed by atoms with Crippen LogP contribution in [0, 0.1) is 0 Å². The largest absolute Gasteiger partial charge is 0.326 e. The normalized spacial score (nSPS) is 9.40.